The van der Waals surface area contributed by atoms with Crippen LogP contribution in [0.25, 0.3) is 0 Å². The number of rotatable bonds is 5. The van der Waals surface area contributed by atoms with Crippen molar-refractivity contribution < 1.29 is 0 Å². The molecule has 0 fully saturated rings. The molecule has 0 aromatic carbocycles. The van der Waals surface area contributed by atoms with Gasteiger partial charge in [-0.1, -0.05) is 0 Å². The van der Waals surface area contributed by atoms with Crippen LogP contribution in [-0.4, -0.2) is 11.5 Å². The quantitative estimate of drug-likeness (QED) is 0.822. The van der Waals surface area contributed by atoms with E-state index in [2.05, 4.69) is 32.3 Å². The molecule has 0 aliphatic heterocycles. The van der Waals surface area contributed by atoms with Gasteiger partial charge in [-0.3, -0.25) is 0 Å². The molecule has 1 heterocycles. The van der Waals surface area contributed by atoms with E-state index in [0.717, 1.165) is 29.7 Å². The number of nitrogens with zero attached hydrogens (tertiary/aromatic N) is 2. The van der Waals surface area contributed by atoms with Crippen LogP contribution in [0.4, 0.5) is 5.82 Å². The smallest absolute Gasteiger partial charge is 0.125 e. The van der Waals surface area contributed by atoms with Crippen molar-refractivity contribution in [3.8, 4) is 6.07 Å². The largest absolute Gasteiger partial charge is 0.370 e. The average molecular weight is 254 g/mol. The lowest BCUT2D eigenvalue weighted by Gasteiger charge is -2.03. The van der Waals surface area contributed by atoms with Crippen LogP contribution in [0.15, 0.2) is 22.8 Å². The molecule has 0 atom stereocenters. The summed E-state index contributed by atoms with van der Waals surface area (Å²) in [7, 11) is 0. The number of hydrogen-bond donors (Lipinski definition) is 1. The van der Waals surface area contributed by atoms with Crippen molar-refractivity contribution in [2.75, 3.05) is 11.9 Å². The fourth-order valence-electron chi connectivity index (χ4n) is 1.03. The van der Waals surface area contributed by atoms with Crippen LogP contribution in [0.3, 0.4) is 0 Å². The minimum Gasteiger partial charge on any atom is -0.370 e. The van der Waals surface area contributed by atoms with Gasteiger partial charge in [0.25, 0.3) is 0 Å². The van der Waals surface area contributed by atoms with Gasteiger partial charge in [-0.05, 0) is 40.9 Å². The Kier molecular flexibility index (Phi) is 5.02. The maximum Gasteiger partial charge on any atom is 0.125 e. The second-order valence-electron chi connectivity index (χ2n) is 2.90. The van der Waals surface area contributed by atoms with Crippen LogP contribution in [0.5, 0.6) is 0 Å². The van der Waals surface area contributed by atoms with Gasteiger partial charge < -0.3 is 5.32 Å². The van der Waals surface area contributed by atoms with Gasteiger partial charge in [0.2, 0.25) is 0 Å². The third kappa shape index (κ3) is 4.24. The summed E-state index contributed by atoms with van der Waals surface area (Å²) < 4.78 is 0.979. The maximum atomic E-state index is 8.33. The number of halogens is 1. The topological polar surface area (TPSA) is 48.7 Å². The predicted molar refractivity (Wildman–Crippen MR) is 59.9 cm³/mol. The second kappa shape index (κ2) is 6.39. The standard InChI is InChI=1S/C10H12BrN3/c11-9-4-5-10(14-8-9)13-7-3-1-2-6-12/h4-5,8H,1-3,7H2,(H,13,14). The first-order valence-electron chi connectivity index (χ1n) is 4.55. The van der Waals surface area contributed by atoms with Gasteiger partial charge in [0, 0.05) is 23.6 Å². The highest BCUT2D eigenvalue weighted by Gasteiger charge is 1.92. The summed E-state index contributed by atoms with van der Waals surface area (Å²) in [5.41, 5.74) is 0. The number of unbranched alkanes of at least 4 members (excludes halogenated alkanes) is 2. The number of pyridine rings is 1. The molecule has 0 saturated carbocycles. The fourth-order valence-corrected chi connectivity index (χ4v) is 1.26. The Morgan fingerprint density at radius 3 is 2.93 bits per heavy atom. The first-order valence-corrected chi connectivity index (χ1v) is 5.34. The van der Waals surface area contributed by atoms with Crippen LogP contribution in [0.1, 0.15) is 19.3 Å². The monoisotopic (exact) mass is 253 g/mol. The number of anilines is 1. The van der Waals surface area contributed by atoms with E-state index < -0.39 is 0 Å². The number of nitrogens with one attached hydrogen (secondary N) is 1. The molecule has 1 aromatic rings. The highest BCUT2D eigenvalue weighted by atomic mass is 79.9. The summed E-state index contributed by atoms with van der Waals surface area (Å²) in [4.78, 5) is 4.17. The summed E-state index contributed by atoms with van der Waals surface area (Å²) in [5, 5.41) is 11.5. The molecule has 1 rings (SSSR count). The Labute approximate surface area is 92.3 Å². The summed E-state index contributed by atoms with van der Waals surface area (Å²) in [5.74, 6) is 0.880. The van der Waals surface area contributed by atoms with Crippen LogP contribution >= 0.6 is 15.9 Å². The maximum absolute atomic E-state index is 8.33. The van der Waals surface area contributed by atoms with E-state index in [9.17, 15) is 0 Å². The molecule has 3 nitrogen and oxygen atoms in total. The van der Waals surface area contributed by atoms with Gasteiger partial charge in [-0.2, -0.15) is 5.26 Å². The SMILES string of the molecule is N#CCCCCNc1ccc(Br)cn1. The minimum atomic E-state index is 0.634. The minimum absolute atomic E-state index is 0.634. The molecule has 0 saturated heterocycles. The van der Waals surface area contributed by atoms with Gasteiger partial charge in [-0.15, -0.1) is 0 Å². The van der Waals surface area contributed by atoms with E-state index in [-0.39, 0.29) is 0 Å². The lowest BCUT2D eigenvalue weighted by molar-refractivity contribution is 0.782. The molecule has 0 aliphatic rings. The third-order valence-corrected chi connectivity index (χ3v) is 2.22. The van der Waals surface area contributed by atoms with Crippen molar-refractivity contribution in [1.82, 2.24) is 4.98 Å². The second-order valence-corrected chi connectivity index (χ2v) is 3.82. The van der Waals surface area contributed by atoms with Gasteiger partial charge in [0.05, 0.1) is 6.07 Å². The van der Waals surface area contributed by atoms with Crippen molar-refractivity contribution in [1.29, 1.82) is 5.26 Å². The van der Waals surface area contributed by atoms with Crippen LogP contribution in [0.2, 0.25) is 0 Å². The first kappa shape index (κ1) is 11.0. The summed E-state index contributed by atoms with van der Waals surface area (Å²) in [6.07, 6.45) is 4.35. The van der Waals surface area contributed by atoms with E-state index in [4.69, 9.17) is 5.26 Å². The van der Waals surface area contributed by atoms with Crippen LogP contribution < -0.4 is 5.32 Å². The van der Waals surface area contributed by atoms with Crippen molar-refractivity contribution in [2.24, 2.45) is 0 Å². The van der Waals surface area contributed by atoms with E-state index >= 15 is 0 Å². The van der Waals surface area contributed by atoms with Crippen molar-refractivity contribution in [3.63, 3.8) is 0 Å². The normalized spacial score (nSPS) is 9.43. The Morgan fingerprint density at radius 2 is 2.29 bits per heavy atom. The summed E-state index contributed by atoms with van der Waals surface area (Å²) in [6.45, 7) is 0.871. The molecule has 0 bridgehead atoms. The molecule has 14 heavy (non-hydrogen) atoms. The third-order valence-electron chi connectivity index (χ3n) is 1.75. The Bertz CT molecular complexity index is 302. The molecule has 0 spiro atoms. The Morgan fingerprint density at radius 1 is 1.43 bits per heavy atom. The van der Waals surface area contributed by atoms with E-state index in [1.807, 2.05) is 12.1 Å². The molecule has 4 heteroatoms. The summed E-state index contributed by atoms with van der Waals surface area (Å²) >= 11 is 3.32. The molecule has 0 radical (unpaired) electrons. The zero-order valence-corrected chi connectivity index (χ0v) is 9.42. The number of aromatic nitrogens is 1. The van der Waals surface area contributed by atoms with Gasteiger partial charge in [0.1, 0.15) is 5.82 Å². The van der Waals surface area contributed by atoms with Crippen LogP contribution in [-0.2, 0) is 0 Å². The van der Waals surface area contributed by atoms with Crippen molar-refractivity contribution in [3.05, 3.63) is 22.8 Å². The molecule has 0 unspecified atom stereocenters. The fraction of sp³-hybridized carbons (Fsp3) is 0.400. The molecule has 0 amide bonds. The highest BCUT2D eigenvalue weighted by molar-refractivity contribution is 9.10. The molecular formula is C10H12BrN3. The zero-order valence-electron chi connectivity index (χ0n) is 7.83. The number of nitriles is 1. The van der Waals surface area contributed by atoms with E-state index in [0.29, 0.717) is 6.42 Å². The number of hydrogen-bond acceptors (Lipinski definition) is 3. The average Bonchev–Trinajstić information content (AvgIpc) is 2.21. The zero-order chi connectivity index (χ0) is 10.2. The Hall–Kier alpha value is -1.08. The molecular weight excluding hydrogens is 242 g/mol. The van der Waals surface area contributed by atoms with Crippen molar-refractivity contribution in [2.45, 2.75) is 19.3 Å². The van der Waals surface area contributed by atoms with Gasteiger partial charge in [-0.25, -0.2) is 4.98 Å². The molecule has 74 valence electrons. The van der Waals surface area contributed by atoms with Gasteiger partial charge in [0.15, 0.2) is 0 Å². The molecule has 0 aliphatic carbocycles. The highest BCUT2D eigenvalue weighted by Crippen LogP contribution is 2.10. The van der Waals surface area contributed by atoms with Crippen molar-refractivity contribution >= 4 is 21.7 Å². The predicted octanol–water partition coefficient (Wildman–Crippen LogP) is 2.95. The lowest BCUT2D eigenvalue weighted by atomic mass is 10.2. The Balaban J connectivity index is 2.19. The first-order chi connectivity index (χ1) is 6.83. The molecule has 1 aromatic heterocycles. The van der Waals surface area contributed by atoms with E-state index in [1.165, 1.54) is 0 Å². The van der Waals surface area contributed by atoms with E-state index in [1.54, 1.807) is 6.20 Å². The van der Waals surface area contributed by atoms with Crippen LogP contribution in [0, 0.1) is 11.3 Å². The lowest BCUT2D eigenvalue weighted by Crippen LogP contribution is -2.02. The summed E-state index contributed by atoms with van der Waals surface area (Å²) in [6, 6.07) is 6.00. The van der Waals surface area contributed by atoms with Gasteiger partial charge >= 0.3 is 0 Å². The molecule has 1 N–H and O–H groups in total.